The van der Waals surface area contributed by atoms with Crippen molar-refractivity contribution in [3.8, 4) is 0 Å². The quantitative estimate of drug-likeness (QED) is 0.0914. The van der Waals surface area contributed by atoms with Gasteiger partial charge < -0.3 is 60.0 Å². The number of alkyl halides is 6. The van der Waals surface area contributed by atoms with Gasteiger partial charge in [0.2, 0.25) is 77.3 Å². The summed E-state index contributed by atoms with van der Waals surface area (Å²) in [5.74, 6) is -11.1. The number of nitrogens with one attached hydrogen (secondary N) is 3. The monoisotopic (exact) mass is 1480 g/mol. The molecule has 1 spiro atoms. The summed E-state index contributed by atoms with van der Waals surface area (Å²) in [5.41, 5.74) is -1.59. The molecule has 12 atom stereocenters. The van der Waals surface area contributed by atoms with Crippen LogP contribution in [-0.4, -0.2) is 268 Å². The molecule has 0 aromatic heterocycles. The van der Waals surface area contributed by atoms with Gasteiger partial charge in [-0.3, -0.25) is 57.5 Å². The first-order valence-electron chi connectivity index (χ1n) is 37.9. The van der Waals surface area contributed by atoms with Crippen LogP contribution in [0.1, 0.15) is 208 Å². The summed E-state index contributed by atoms with van der Waals surface area (Å²) in [4.78, 5) is 192. The molecule has 582 valence electrons. The van der Waals surface area contributed by atoms with Crippen LogP contribution in [0.15, 0.2) is 0 Å². The molecule has 7 aliphatic rings. The number of likely N-dealkylation sites (tertiary alicyclic amines) is 1. The van der Waals surface area contributed by atoms with Crippen LogP contribution in [0.2, 0.25) is 0 Å². The second-order valence-corrected chi connectivity index (χ2v) is 32.0. The highest BCUT2D eigenvalue weighted by Gasteiger charge is 2.52. The Morgan fingerprint density at radius 2 is 1.21 bits per heavy atom. The number of carbonyl (C=O) groups excluding carboxylic acids is 12. The van der Waals surface area contributed by atoms with E-state index in [1.54, 1.807) is 18.7 Å². The van der Waals surface area contributed by atoms with E-state index in [1.165, 1.54) is 68.8 Å². The Morgan fingerprint density at radius 3 is 1.81 bits per heavy atom. The molecule has 3 saturated carbocycles. The van der Waals surface area contributed by atoms with Gasteiger partial charge in [-0.05, 0) is 140 Å². The van der Waals surface area contributed by atoms with Crippen molar-refractivity contribution in [2.45, 2.75) is 286 Å². The molecule has 4 heterocycles. The van der Waals surface area contributed by atoms with Crippen molar-refractivity contribution in [1.82, 2.24) is 60.0 Å². The molecule has 103 heavy (non-hydrogen) atoms. The molecule has 0 radical (unpaired) electrons. The fourth-order valence-corrected chi connectivity index (χ4v) is 17.3. The van der Waals surface area contributed by atoms with Crippen molar-refractivity contribution in [3.63, 3.8) is 0 Å². The van der Waals surface area contributed by atoms with E-state index in [0.29, 0.717) is 45.2 Å². The summed E-state index contributed by atoms with van der Waals surface area (Å²) in [5, 5.41) is 7.41. The SMILES string of the molecule is CC(C)C[C@H]1C(=O)N[C@@H](CCCCC(F)F)C(=O)N(C)[C@@H](C)C(=O)N2CC[C@H]2C(=O)N(C)[C@@H](CC2CCCCC2)C(=O)N(C)CC(=O)N[C@@H](CCC2CCC(C(F)(F)F)C(Cl)C2)C(=O)N2CCC[C@H]2C(=O)NC2(CCCC2)C(=O)N(C)[C@@H](C(C)C)C(=O)N(C)[C@H](C(=O)N2CCCCC2)CC(=O)N1C. The number of piperidine rings is 1. The standard InChI is InChI=1S/C73H116ClF5N12O12/c1-44(2)39-55-62(94)81-51(25-16-17-27-58(75)76)65(97)84(7)46(5)64(96)91-38-32-54(91)68(100)86(9)56(41-47-23-14-12-15-24-47)67(99)83(6)43-59(92)80-52(31-29-48-28-30-49(50(74)40-48)73(77,78)79)66(98)90-37-22-26-53(90)63(95)82-72(33-18-19-34-72)71(103)88(11)61(45(3)4)70(102)87(10)57(42-60(93)85(55)8)69(101)89-35-20-13-21-36-89/h44-58,61H,12-43H2,1-11H3,(H,80,92)(H,81,94)(H,82,95)/t46-,48?,49?,50?,51-,52-,53-,54-,55-,56-,57-,61-/m0/s1. The van der Waals surface area contributed by atoms with E-state index in [0.717, 1.165) is 58.1 Å². The molecule has 24 nitrogen and oxygen atoms in total. The summed E-state index contributed by atoms with van der Waals surface area (Å²) >= 11 is 6.40. The Kier molecular flexibility index (Phi) is 30.3. The zero-order valence-corrected chi connectivity index (χ0v) is 63.3. The third-order valence-electron chi connectivity index (χ3n) is 23.3. The van der Waals surface area contributed by atoms with Crippen LogP contribution in [0.5, 0.6) is 0 Å². The van der Waals surface area contributed by atoms with Gasteiger partial charge in [0.1, 0.15) is 59.9 Å². The van der Waals surface area contributed by atoms with E-state index < -0.39 is 180 Å². The summed E-state index contributed by atoms with van der Waals surface area (Å²) in [6, 6.07) is -11.5. The van der Waals surface area contributed by atoms with Gasteiger partial charge in [-0.25, -0.2) is 8.78 Å². The zero-order valence-electron chi connectivity index (χ0n) is 62.6. The molecule has 3 unspecified atom stereocenters. The smallest absolute Gasteiger partial charge is 0.343 e. The third-order valence-corrected chi connectivity index (χ3v) is 23.8. The Bertz CT molecular complexity index is 3000. The maximum Gasteiger partial charge on any atom is 0.393 e. The molecule has 12 amide bonds. The van der Waals surface area contributed by atoms with Gasteiger partial charge in [0, 0.05) is 80.3 Å². The molecule has 3 aliphatic carbocycles. The average molecular weight is 1480 g/mol. The van der Waals surface area contributed by atoms with E-state index >= 15 is 28.8 Å². The number of nitrogens with zero attached hydrogens (tertiary/aromatic N) is 9. The number of unbranched alkanes of at least 4 members (excludes halogenated alkanes) is 1. The van der Waals surface area contributed by atoms with Crippen molar-refractivity contribution in [2.24, 2.45) is 29.6 Å². The Morgan fingerprint density at radius 1 is 0.583 bits per heavy atom. The van der Waals surface area contributed by atoms with Crippen LogP contribution < -0.4 is 16.0 Å². The summed E-state index contributed by atoms with van der Waals surface area (Å²) in [7, 11) is 8.37. The lowest BCUT2D eigenvalue weighted by atomic mass is 9.78. The molecule has 4 saturated heterocycles. The topological polar surface area (TPSA) is 270 Å². The maximum atomic E-state index is 15.5. The zero-order chi connectivity index (χ0) is 76.1. The number of hydrogen-bond acceptors (Lipinski definition) is 12. The molecule has 3 N–H and O–H groups in total. The van der Waals surface area contributed by atoms with Crippen LogP contribution in [0.25, 0.3) is 0 Å². The molecule has 0 aromatic rings. The number of fused-ring (bicyclic) bond motifs is 2. The fourth-order valence-electron chi connectivity index (χ4n) is 16.8. The van der Waals surface area contributed by atoms with Crippen molar-refractivity contribution in [1.29, 1.82) is 0 Å². The first kappa shape index (κ1) is 83.8. The predicted octanol–water partition coefficient (Wildman–Crippen LogP) is 6.87. The van der Waals surface area contributed by atoms with Crippen LogP contribution in [0.3, 0.4) is 0 Å². The lowest BCUT2D eigenvalue weighted by molar-refractivity contribution is -0.182. The van der Waals surface area contributed by atoms with E-state index in [4.69, 9.17) is 11.6 Å². The number of hydrogen-bond donors (Lipinski definition) is 3. The first-order chi connectivity index (χ1) is 48.5. The lowest BCUT2D eigenvalue weighted by Crippen LogP contribution is -2.65. The molecule has 4 aliphatic heterocycles. The van der Waals surface area contributed by atoms with E-state index in [-0.39, 0.29) is 121 Å². The Balaban J connectivity index is 1.28. The minimum absolute atomic E-state index is 0.000311. The summed E-state index contributed by atoms with van der Waals surface area (Å²) in [6.45, 7) is 8.69. The summed E-state index contributed by atoms with van der Waals surface area (Å²) in [6.07, 6.45) is 0.126. The molecule has 7 fully saturated rings. The molecule has 0 bridgehead atoms. The number of amides is 12. The predicted molar refractivity (Wildman–Crippen MR) is 375 cm³/mol. The largest absolute Gasteiger partial charge is 0.393 e. The van der Waals surface area contributed by atoms with Crippen LogP contribution >= 0.6 is 11.6 Å². The van der Waals surface area contributed by atoms with Gasteiger partial charge in [-0.1, -0.05) is 79.1 Å². The van der Waals surface area contributed by atoms with Crippen LogP contribution in [-0.2, 0) is 57.5 Å². The van der Waals surface area contributed by atoms with Gasteiger partial charge in [0.15, 0.2) is 0 Å². The Labute approximate surface area is 610 Å². The maximum absolute atomic E-state index is 15.5. The minimum atomic E-state index is -4.52. The van der Waals surface area contributed by atoms with Crippen LogP contribution in [0.4, 0.5) is 22.0 Å². The molecular weight excluding hydrogens is 1370 g/mol. The van der Waals surface area contributed by atoms with Gasteiger partial charge in [0.25, 0.3) is 0 Å². The van der Waals surface area contributed by atoms with Gasteiger partial charge in [-0.2, -0.15) is 13.2 Å². The number of halogens is 6. The molecule has 30 heteroatoms. The highest BCUT2D eigenvalue weighted by atomic mass is 35.5. The molecular formula is C73H116ClF5N12O12. The number of carbonyl (C=O) groups is 12. The first-order valence-corrected chi connectivity index (χ1v) is 38.3. The average Bonchev–Trinajstić information content (AvgIpc) is 1.77. The van der Waals surface area contributed by atoms with Crippen molar-refractivity contribution < 1.29 is 79.5 Å². The normalized spacial score (nSPS) is 30.2. The van der Waals surface area contributed by atoms with Crippen molar-refractivity contribution >= 4 is 82.5 Å². The third kappa shape index (κ3) is 21.0. The van der Waals surface area contributed by atoms with E-state index in [9.17, 15) is 50.7 Å². The fraction of sp³-hybridized carbons (Fsp3) is 0.836. The minimum Gasteiger partial charge on any atom is -0.343 e. The lowest BCUT2D eigenvalue weighted by Gasteiger charge is -2.45. The van der Waals surface area contributed by atoms with Crippen molar-refractivity contribution in [2.75, 3.05) is 75.0 Å². The molecule has 0 aromatic carbocycles. The molecule has 7 rings (SSSR count). The van der Waals surface area contributed by atoms with Gasteiger partial charge in [0.05, 0.1) is 18.9 Å². The summed E-state index contributed by atoms with van der Waals surface area (Å²) < 4.78 is 69.2. The highest BCUT2D eigenvalue weighted by molar-refractivity contribution is 6.21. The van der Waals surface area contributed by atoms with Crippen LogP contribution in [0, 0.1) is 29.6 Å². The van der Waals surface area contributed by atoms with Gasteiger partial charge in [-0.15, -0.1) is 11.6 Å². The highest BCUT2D eigenvalue weighted by Crippen LogP contribution is 2.44. The van der Waals surface area contributed by atoms with Crippen molar-refractivity contribution in [3.05, 3.63) is 0 Å². The van der Waals surface area contributed by atoms with E-state index in [1.807, 2.05) is 13.8 Å². The second kappa shape index (κ2) is 37.2. The number of likely N-dealkylation sites (N-methyl/N-ethyl adjacent to an activating group) is 6. The Hall–Kier alpha value is -6.42. The van der Waals surface area contributed by atoms with Gasteiger partial charge >= 0.3 is 6.18 Å². The second-order valence-electron chi connectivity index (χ2n) is 31.4. The number of rotatable bonds is 14. The van der Waals surface area contributed by atoms with E-state index in [2.05, 4.69) is 16.0 Å².